The maximum absolute atomic E-state index is 9.28. The molecule has 2 aromatic carbocycles. The number of nitrogens with one attached hydrogen (secondary N) is 1. The highest BCUT2D eigenvalue weighted by molar-refractivity contribution is 6.30. The Morgan fingerprint density at radius 1 is 1.14 bits per heavy atom. The topological polar surface area (TPSA) is 41.5 Å². The molecule has 0 unspecified atom stereocenters. The van der Waals surface area contributed by atoms with Crippen molar-refractivity contribution in [1.82, 2.24) is 5.32 Å². The van der Waals surface area contributed by atoms with E-state index in [-0.39, 0.29) is 5.75 Å². The van der Waals surface area contributed by atoms with Crippen molar-refractivity contribution in [2.45, 2.75) is 32.0 Å². The van der Waals surface area contributed by atoms with Gasteiger partial charge in [0, 0.05) is 23.2 Å². The summed E-state index contributed by atoms with van der Waals surface area (Å²) in [4.78, 5) is 0. The van der Waals surface area contributed by atoms with Gasteiger partial charge in [-0.25, -0.2) is 0 Å². The third kappa shape index (κ3) is 4.13. The Morgan fingerprint density at radius 3 is 2.62 bits per heavy atom. The van der Waals surface area contributed by atoms with Gasteiger partial charge >= 0.3 is 0 Å². The summed E-state index contributed by atoms with van der Waals surface area (Å²) in [5, 5.41) is 13.5. The Hall–Kier alpha value is -1.71. The number of hydrogen-bond acceptors (Lipinski definition) is 3. The molecule has 2 N–H and O–H groups in total. The zero-order valence-electron chi connectivity index (χ0n) is 11.7. The van der Waals surface area contributed by atoms with E-state index in [1.807, 2.05) is 30.3 Å². The Labute approximate surface area is 129 Å². The smallest absolute Gasteiger partial charge is 0.124 e. The molecule has 2 aromatic rings. The van der Waals surface area contributed by atoms with Crippen molar-refractivity contribution in [2.24, 2.45) is 0 Å². The van der Waals surface area contributed by atoms with Crippen molar-refractivity contribution < 1.29 is 9.84 Å². The molecule has 0 bridgehead atoms. The molecule has 4 heteroatoms. The van der Waals surface area contributed by atoms with E-state index < -0.39 is 0 Å². The van der Waals surface area contributed by atoms with Gasteiger partial charge in [-0.05, 0) is 48.7 Å². The monoisotopic (exact) mass is 303 g/mol. The number of hydrogen-bond donors (Lipinski definition) is 2. The fourth-order valence-electron chi connectivity index (χ4n) is 2.12. The van der Waals surface area contributed by atoms with Crippen molar-refractivity contribution in [3.63, 3.8) is 0 Å². The van der Waals surface area contributed by atoms with Gasteiger partial charge in [0.1, 0.15) is 18.1 Å². The summed E-state index contributed by atoms with van der Waals surface area (Å²) in [6.45, 7) is 1.24. The van der Waals surface area contributed by atoms with Gasteiger partial charge in [-0.3, -0.25) is 0 Å². The van der Waals surface area contributed by atoms with Crippen LogP contribution in [-0.4, -0.2) is 11.1 Å². The van der Waals surface area contributed by atoms with E-state index in [2.05, 4.69) is 5.32 Å². The molecule has 0 atom stereocenters. The Bertz CT molecular complexity index is 609. The van der Waals surface area contributed by atoms with Crippen LogP contribution in [0.3, 0.4) is 0 Å². The van der Waals surface area contributed by atoms with Crippen LogP contribution in [0.1, 0.15) is 24.0 Å². The fraction of sp³-hybridized carbons (Fsp3) is 0.294. The van der Waals surface area contributed by atoms with Gasteiger partial charge in [0.25, 0.3) is 0 Å². The Balaban J connectivity index is 1.66. The third-order valence-electron chi connectivity index (χ3n) is 3.51. The molecule has 0 saturated heterocycles. The van der Waals surface area contributed by atoms with Crippen LogP contribution in [0.25, 0.3) is 0 Å². The summed E-state index contributed by atoms with van der Waals surface area (Å²) in [5.74, 6) is 1.11. The lowest BCUT2D eigenvalue weighted by molar-refractivity contribution is 0.302. The molecule has 3 nitrogen and oxygen atoms in total. The maximum atomic E-state index is 9.28. The number of halogens is 1. The van der Waals surface area contributed by atoms with E-state index in [0.29, 0.717) is 12.6 Å². The number of rotatable bonds is 6. The maximum Gasteiger partial charge on any atom is 0.124 e. The molecule has 1 aliphatic carbocycles. The van der Waals surface area contributed by atoms with Gasteiger partial charge in [-0.15, -0.1) is 0 Å². The van der Waals surface area contributed by atoms with Crippen molar-refractivity contribution in [3.8, 4) is 11.5 Å². The first-order valence-electron chi connectivity index (χ1n) is 7.13. The van der Waals surface area contributed by atoms with Crippen LogP contribution < -0.4 is 10.1 Å². The minimum Gasteiger partial charge on any atom is -0.508 e. The standard InChI is InChI=1S/C17H18ClNO2/c18-14-3-8-17(13(9-14)10-19-15-4-5-15)21-11-12-1-6-16(20)7-2-12/h1-3,6-9,15,19-20H,4-5,10-11H2. The van der Waals surface area contributed by atoms with Gasteiger partial charge in [0.15, 0.2) is 0 Å². The van der Waals surface area contributed by atoms with Crippen molar-refractivity contribution >= 4 is 11.6 Å². The van der Waals surface area contributed by atoms with Crippen molar-refractivity contribution in [3.05, 3.63) is 58.6 Å². The third-order valence-corrected chi connectivity index (χ3v) is 3.75. The lowest BCUT2D eigenvalue weighted by atomic mass is 10.2. The van der Waals surface area contributed by atoms with E-state index in [1.165, 1.54) is 12.8 Å². The minimum atomic E-state index is 0.263. The molecule has 0 amide bonds. The molecule has 0 spiro atoms. The average molecular weight is 304 g/mol. The Morgan fingerprint density at radius 2 is 1.90 bits per heavy atom. The summed E-state index contributed by atoms with van der Waals surface area (Å²) in [5.41, 5.74) is 2.09. The largest absolute Gasteiger partial charge is 0.508 e. The van der Waals surface area contributed by atoms with Crippen LogP contribution in [0.4, 0.5) is 0 Å². The lowest BCUT2D eigenvalue weighted by Gasteiger charge is -2.13. The molecule has 0 radical (unpaired) electrons. The van der Waals surface area contributed by atoms with Crippen LogP contribution >= 0.6 is 11.6 Å². The molecule has 0 aliphatic heterocycles. The molecular formula is C17H18ClNO2. The normalized spacial score (nSPS) is 14.1. The summed E-state index contributed by atoms with van der Waals surface area (Å²) in [6.07, 6.45) is 2.51. The zero-order chi connectivity index (χ0) is 14.7. The summed E-state index contributed by atoms with van der Waals surface area (Å²) in [7, 11) is 0. The van der Waals surface area contributed by atoms with Crippen LogP contribution in [0.5, 0.6) is 11.5 Å². The van der Waals surface area contributed by atoms with E-state index in [9.17, 15) is 5.11 Å². The average Bonchev–Trinajstić information content (AvgIpc) is 3.30. The predicted molar refractivity (Wildman–Crippen MR) is 83.8 cm³/mol. The fourth-order valence-corrected chi connectivity index (χ4v) is 2.32. The Kier molecular flexibility index (Phi) is 4.32. The molecule has 1 fully saturated rings. The highest BCUT2D eigenvalue weighted by Crippen LogP contribution is 2.26. The van der Waals surface area contributed by atoms with E-state index >= 15 is 0 Å². The van der Waals surface area contributed by atoms with Gasteiger partial charge < -0.3 is 15.2 Å². The number of phenols is 1. The molecule has 110 valence electrons. The summed E-state index contributed by atoms with van der Waals surface area (Å²) in [6, 6.07) is 13.4. The van der Waals surface area contributed by atoms with Gasteiger partial charge in [-0.1, -0.05) is 23.7 Å². The molecule has 0 aromatic heterocycles. The second kappa shape index (κ2) is 6.37. The van der Waals surface area contributed by atoms with E-state index in [0.717, 1.165) is 28.4 Å². The van der Waals surface area contributed by atoms with Gasteiger partial charge in [0.2, 0.25) is 0 Å². The highest BCUT2D eigenvalue weighted by Gasteiger charge is 2.20. The number of aromatic hydroxyl groups is 1. The molecule has 1 aliphatic rings. The summed E-state index contributed by atoms with van der Waals surface area (Å²) < 4.78 is 5.89. The highest BCUT2D eigenvalue weighted by atomic mass is 35.5. The zero-order valence-corrected chi connectivity index (χ0v) is 12.4. The molecule has 21 heavy (non-hydrogen) atoms. The molecular weight excluding hydrogens is 286 g/mol. The van der Waals surface area contributed by atoms with E-state index in [4.69, 9.17) is 16.3 Å². The first kappa shape index (κ1) is 14.2. The van der Waals surface area contributed by atoms with E-state index in [1.54, 1.807) is 12.1 Å². The van der Waals surface area contributed by atoms with Crippen LogP contribution in [0.15, 0.2) is 42.5 Å². The molecule has 1 saturated carbocycles. The first-order chi connectivity index (χ1) is 10.2. The predicted octanol–water partition coefficient (Wildman–Crippen LogP) is 3.88. The minimum absolute atomic E-state index is 0.263. The number of benzene rings is 2. The molecule has 0 heterocycles. The number of ether oxygens (including phenoxy) is 1. The van der Waals surface area contributed by atoms with Crippen LogP contribution in [0.2, 0.25) is 5.02 Å². The summed E-state index contributed by atoms with van der Waals surface area (Å²) >= 11 is 6.07. The second-order valence-corrected chi connectivity index (χ2v) is 5.80. The lowest BCUT2D eigenvalue weighted by Crippen LogP contribution is -2.16. The first-order valence-corrected chi connectivity index (χ1v) is 7.51. The van der Waals surface area contributed by atoms with Crippen molar-refractivity contribution in [2.75, 3.05) is 0 Å². The van der Waals surface area contributed by atoms with Gasteiger partial charge in [-0.2, -0.15) is 0 Å². The number of phenolic OH excluding ortho intramolecular Hbond substituents is 1. The van der Waals surface area contributed by atoms with Gasteiger partial charge in [0.05, 0.1) is 0 Å². The SMILES string of the molecule is Oc1ccc(COc2ccc(Cl)cc2CNC2CC2)cc1. The quantitative estimate of drug-likeness (QED) is 0.851. The second-order valence-electron chi connectivity index (χ2n) is 5.36. The van der Waals surface area contributed by atoms with Crippen LogP contribution in [-0.2, 0) is 13.2 Å². The van der Waals surface area contributed by atoms with Crippen LogP contribution in [0, 0.1) is 0 Å². The van der Waals surface area contributed by atoms with Crippen molar-refractivity contribution in [1.29, 1.82) is 0 Å². The molecule has 3 rings (SSSR count).